The Hall–Kier alpha value is -9.94. The molecule has 17 heteroatoms. The molecule has 2 aromatic heterocycles. The highest BCUT2D eigenvalue weighted by atomic mass is 79.9. The van der Waals surface area contributed by atoms with Gasteiger partial charge in [0.25, 0.3) is 0 Å². The molecular formula is C89H83B3BrFN6O6. The van der Waals surface area contributed by atoms with E-state index in [0.717, 1.165) is 65.6 Å². The van der Waals surface area contributed by atoms with Crippen molar-refractivity contribution >= 4 is 85.6 Å². The van der Waals surface area contributed by atoms with Gasteiger partial charge in [-0.15, -0.1) is 0 Å². The topological polar surface area (TPSA) is 133 Å². The van der Waals surface area contributed by atoms with Gasteiger partial charge < -0.3 is 27.9 Å². The zero-order valence-electron chi connectivity index (χ0n) is 62.7. The zero-order valence-corrected chi connectivity index (χ0v) is 63.3. The average molecular weight is 1470 g/mol. The van der Waals surface area contributed by atoms with Gasteiger partial charge in [0.15, 0.2) is 34.9 Å². The predicted molar refractivity (Wildman–Crippen MR) is 436 cm³/mol. The summed E-state index contributed by atoms with van der Waals surface area (Å²) < 4.78 is 53.4. The summed E-state index contributed by atoms with van der Waals surface area (Å²) in [7, 11) is -2.50. The standard InChI is InChI=1S/C41H34BN3O2.C35H22BrN3.C12H24B2O4.CH3F/c1-40(2)41(3,4)47-42(46-40)34-25-32(30-21-22-36-31(23-30)20-19-27-13-11-12-18-35(27)36)24-33(26-34)39-44-37(28-14-7-5-8-15-28)43-38(45-39)29-16-9-6-10-17-29;36-30-21-28(26-17-18-32-27(19-26)16-15-23-9-7-8-14-31(23)32)20-29(22-30)35-38-33(24-10-3-1-4-11-24)37-34(39-35)25-12-5-2-6-13-25;1-9(2)10(3,4)16-13(15-9)14-17-11(5,6)12(7,8)18-14;1-2/h5-26H,1-4H3;1-22H;1-8H3;1H3/i;;;1D. The van der Waals surface area contributed by atoms with Gasteiger partial charge >= 0.3 is 21.1 Å². The van der Waals surface area contributed by atoms with Crippen LogP contribution in [0.5, 0.6) is 0 Å². The first-order valence-electron chi connectivity index (χ1n) is 36.4. The van der Waals surface area contributed by atoms with E-state index >= 15 is 0 Å². The molecule has 106 heavy (non-hydrogen) atoms. The van der Waals surface area contributed by atoms with E-state index in [1.165, 1.54) is 43.1 Å². The van der Waals surface area contributed by atoms with Crippen LogP contribution in [0.4, 0.5) is 4.39 Å². The summed E-state index contributed by atoms with van der Waals surface area (Å²) in [5.74, 6) is 3.77. The maximum Gasteiger partial charge on any atom is 0.494 e. The summed E-state index contributed by atoms with van der Waals surface area (Å²) in [6, 6.07) is 92.2. The zero-order chi connectivity index (χ0) is 75.0. The molecule has 0 saturated carbocycles. The second kappa shape index (κ2) is 29.4. The molecule has 14 aromatic rings. The molecule has 528 valence electrons. The van der Waals surface area contributed by atoms with Crippen molar-refractivity contribution in [2.45, 2.75) is 117 Å². The second-order valence-electron chi connectivity index (χ2n) is 29.9. The summed E-state index contributed by atoms with van der Waals surface area (Å²) in [6.45, 7) is 24.5. The van der Waals surface area contributed by atoms with Crippen LogP contribution < -0.4 is 5.46 Å². The number of aromatic nitrogens is 6. The second-order valence-corrected chi connectivity index (χ2v) is 30.8. The van der Waals surface area contributed by atoms with Crippen LogP contribution >= 0.6 is 15.9 Å². The lowest BCUT2D eigenvalue weighted by atomic mass is 9.49. The molecule has 0 N–H and O–H groups in total. The van der Waals surface area contributed by atoms with E-state index in [-0.39, 0.29) is 22.4 Å². The van der Waals surface area contributed by atoms with Crippen LogP contribution in [-0.4, -0.2) is 91.8 Å². The van der Waals surface area contributed by atoms with Gasteiger partial charge in [-0.05, 0) is 190 Å². The van der Waals surface area contributed by atoms with Gasteiger partial charge in [0.1, 0.15) is 0 Å². The minimum absolute atomic E-state index is 0.360. The fraction of sp³-hybridized carbons (Fsp3) is 0.213. The Morgan fingerprint density at radius 1 is 0.274 bits per heavy atom. The van der Waals surface area contributed by atoms with Crippen LogP contribution in [0, 0.1) is 0 Å². The maximum atomic E-state index is 9.96. The summed E-state index contributed by atoms with van der Waals surface area (Å²) in [5, 5.41) is 9.87. The van der Waals surface area contributed by atoms with Gasteiger partial charge in [-0.1, -0.05) is 246 Å². The molecule has 3 fully saturated rings. The van der Waals surface area contributed by atoms with Crippen molar-refractivity contribution in [1.29, 1.82) is 0 Å². The summed E-state index contributed by atoms with van der Waals surface area (Å²) in [4.78, 5) is 29.6. The third kappa shape index (κ3) is 15.0. The minimum atomic E-state index is -1.00. The largest absolute Gasteiger partial charge is 0.494 e. The lowest BCUT2D eigenvalue weighted by molar-refractivity contribution is 0.00578. The molecule has 0 unspecified atom stereocenters. The molecule has 0 radical (unpaired) electrons. The molecule has 5 heterocycles. The SMILES string of the molecule is Brc1cc(-c2ccc3c(ccc4ccccc43)c2)cc(-c2nc(-c3ccccc3)nc(-c3ccccc3)n2)c1.CC1(C)OB(B2OC(C)(C)C(C)(C)O2)OC1(C)C.CC1(C)OB(c2cc(-c3ccc4c(ccc5ccccc54)c3)cc(-c3nc(-c4ccccc4)nc(-c4ccccc4)n3)c2)OC1(C)C.[2H]CF. The number of alkyl halides is 1. The molecule has 12 nitrogen and oxygen atoms in total. The Bertz CT molecular complexity index is 5380. The summed E-state index contributed by atoms with van der Waals surface area (Å²) in [5.41, 5.74) is 8.43. The number of nitrogens with zero attached hydrogens (tertiary/aromatic N) is 6. The third-order valence-corrected chi connectivity index (χ3v) is 21.7. The van der Waals surface area contributed by atoms with Crippen molar-refractivity contribution in [3.05, 3.63) is 271 Å². The summed E-state index contributed by atoms with van der Waals surface area (Å²) in [6.07, 6.45) is 0. The van der Waals surface area contributed by atoms with E-state index in [2.05, 4.69) is 189 Å². The van der Waals surface area contributed by atoms with Crippen molar-refractivity contribution in [2.75, 3.05) is 7.15 Å². The Labute approximate surface area is 631 Å². The smallest absolute Gasteiger partial charge is 0.405 e. The fourth-order valence-corrected chi connectivity index (χ4v) is 13.7. The van der Waals surface area contributed by atoms with Crippen LogP contribution in [0.15, 0.2) is 271 Å². The predicted octanol–water partition coefficient (Wildman–Crippen LogP) is 21.6. The molecule has 17 rings (SSSR count). The van der Waals surface area contributed by atoms with Crippen LogP contribution in [0.3, 0.4) is 0 Å². The van der Waals surface area contributed by atoms with E-state index in [4.69, 9.17) is 59.2 Å². The van der Waals surface area contributed by atoms with Crippen LogP contribution in [0.25, 0.3) is 134 Å². The summed E-state index contributed by atoms with van der Waals surface area (Å²) >= 11 is 3.75. The highest BCUT2D eigenvalue weighted by Crippen LogP contribution is 2.44. The Morgan fingerprint density at radius 3 is 0.896 bits per heavy atom. The molecule has 0 atom stereocenters. The molecule has 3 aliphatic rings. The van der Waals surface area contributed by atoms with Gasteiger partial charge in [0.05, 0.1) is 42.1 Å². The van der Waals surface area contributed by atoms with E-state index in [1.54, 1.807) is 0 Å². The van der Waals surface area contributed by atoms with E-state index in [9.17, 15) is 4.39 Å². The number of hydrogen-bond donors (Lipinski definition) is 0. The molecule has 3 saturated heterocycles. The number of halogens is 2. The van der Waals surface area contributed by atoms with Crippen LogP contribution in [-0.2, 0) is 27.9 Å². The normalized spacial score (nSPS) is 16.5. The first-order valence-corrected chi connectivity index (χ1v) is 36.5. The molecule has 0 aliphatic carbocycles. The number of hydrogen-bond acceptors (Lipinski definition) is 12. The van der Waals surface area contributed by atoms with E-state index in [1.807, 2.05) is 177 Å². The number of fused-ring (bicyclic) bond motifs is 6. The third-order valence-electron chi connectivity index (χ3n) is 21.2. The van der Waals surface area contributed by atoms with Gasteiger partial charge in [0, 0.05) is 37.9 Å². The van der Waals surface area contributed by atoms with E-state index in [0.29, 0.717) is 34.9 Å². The Kier molecular flexibility index (Phi) is 19.9. The lowest BCUT2D eigenvalue weighted by Crippen LogP contribution is -2.41. The van der Waals surface area contributed by atoms with Gasteiger partial charge in [-0.25, -0.2) is 29.9 Å². The maximum absolute atomic E-state index is 9.96. The molecule has 12 aromatic carbocycles. The average Bonchev–Trinajstić information content (AvgIpc) is 1.64. The van der Waals surface area contributed by atoms with Crippen molar-refractivity contribution < 1.29 is 33.7 Å². The molecule has 0 spiro atoms. The van der Waals surface area contributed by atoms with E-state index < -0.39 is 39.5 Å². The van der Waals surface area contributed by atoms with Crippen molar-refractivity contribution in [2.24, 2.45) is 0 Å². The highest BCUT2D eigenvalue weighted by molar-refractivity contribution is 9.10. The Balaban J connectivity index is 0.000000144. The molecule has 0 amide bonds. The Morgan fingerprint density at radius 2 is 0.538 bits per heavy atom. The van der Waals surface area contributed by atoms with Gasteiger partial charge in [-0.3, -0.25) is 4.39 Å². The first-order chi connectivity index (χ1) is 51.2. The quantitative estimate of drug-likeness (QED) is 0.0953. The van der Waals surface area contributed by atoms with Gasteiger partial charge in [0.2, 0.25) is 0 Å². The number of benzene rings is 12. The molecule has 0 bridgehead atoms. The minimum Gasteiger partial charge on any atom is -0.405 e. The fourth-order valence-electron chi connectivity index (χ4n) is 13.2. The highest BCUT2D eigenvalue weighted by Gasteiger charge is 2.64. The molecular weight excluding hydrogens is 1380 g/mol. The number of rotatable bonds is 10. The van der Waals surface area contributed by atoms with Crippen LogP contribution in [0.2, 0.25) is 0 Å². The van der Waals surface area contributed by atoms with Crippen LogP contribution in [0.1, 0.15) is 84.5 Å². The van der Waals surface area contributed by atoms with Crippen molar-refractivity contribution in [3.8, 4) is 90.6 Å². The van der Waals surface area contributed by atoms with Gasteiger partial charge in [-0.2, -0.15) is 0 Å². The monoisotopic (exact) mass is 1460 g/mol. The van der Waals surface area contributed by atoms with Crippen molar-refractivity contribution in [3.63, 3.8) is 0 Å². The van der Waals surface area contributed by atoms with Crippen molar-refractivity contribution in [1.82, 2.24) is 29.9 Å². The first kappa shape index (κ1) is 71.7. The lowest BCUT2D eigenvalue weighted by Gasteiger charge is -2.32. The molecule has 3 aliphatic heterocycles.